The fraction of sp³-hybridized carbons (Fsp3) is 0.286. The quantitative estimate of drug-likeness (QED) is 0.897. The molecule has 1 atom stereocenters. The van der Waals surface area contributed by atoms with E-state index in [-0.39, 0.29) is 6.04 Å². The predicted octanol–water partition coefficient (Wildman–Crippen LogP) is 2.15. The molecule has 0 aliphatic heterocycles. The van der Waals surface area contributed by atoms with E-state index in [1.807, 2.05) is 44.2 Å². The molecule has 1 aromatic carbocycles. The molecule has 1 aromatic heterocycles. The molecule has 0 radical (unpaired) electrons. The van der Waals surface area contributed by atoms with Crippen molar-refractivity contribution < 1.29 is 4.74 Å². The van der Waals surface area contributed by atoms with Crippen LogP contribution >= 0.6 is 0 Å². The lowest BCUT2D eigenvalue weighted by atomic mass is 10.0. The van der Waals surface area contributed by atoms with Gasteiger partial charge in [0.05, 0.1) is 18.8 Å². The van der Waals surface area contributed by atoms with E-state index in [0.29, 0.717) is 0 Å². The van der Waals surface area contributed by atoms with E-state index in [2.05, 4.69) is 9.97 Å². The lowest BCUT2D eigenvalue weighted by Crippen LogP contribution is -2.14. The third-order valence-electron chi connectivity index (χ3n) is 2.78. The summed E-state index contributed by atoms with van der Waals surface area (Å²) in [4.78, 5) is 8.64. The first-order valence-corrected chi connectivity index (χ1v) is 5.82. The summed E-state index contributed by atoms with van der Waals surface area (Å²) in [7, 11) is 1.64. The molecule has 0 saturated heterocycles. The zero-order valence-corrected chi connectivity index (χ0v) is 10.8. The molecule has 0 aliphatic rings. The van der Waals surface area contributed by atoms with Crippen LogP contribution in [0.25, 0.3) is 0 Å². The van der Waals surface area contributed by atoms with Crippen molar-refractivity contribution >= 4 is 0 Å². The minimum atomic E-state index is -0.240. The van der Waals surface area contributed by atoms with Crippen molar-refractivity contribution in [3.63, 3.8) is 0 Å². The molecule has 4 nitrogen and oxygen atoms in total. The zero-order valence-electron chi connectivity index (χ0n) is 10.8. The molecule has 0 fully saturated rings. The van der Waals surface area contributed by atoms with E-state index in [4.69, 9.17) is 10.5 Å². The maximum Gasteiger partial charge on any atom is 0.125 e. The van der Waals surface area contributed by atoms with Gasteiger partial charge in [-0.1, -0.05) is 12.1 Å². The van der Waals surface area contributed by atoms with Gasteiger partial charge in [0.15, 0.2) is 0 Å². The second kappa shape index (κ2) is 5.14. The number of nitrogens with two attached hydrogens (primary N) is 1. The second-order valence-electron chi connectivity index (χ2n) is 4.23. The second-order valence-corrected chi connectivity index (χ2v) is 4.23. The van der Waals surface area contributed by atoms with Crippen LogP contribution in [-0.4, -0.2) is 17.1 Å². The number of aryl methyl sites for hydroxylation is 2. The highest BCUT2D eigenvalue weighted by Crippen LogP contribution is 2.21. The smallest absolute Gasteiger partial charge is 0.125 e. The molecule has 0 amide bonds. The summed E-state index contributed by atoms with van der Waals surface area (Å²) >= 11 is 0. The largest absolute Gasteiger partial charge is 0.497 e. The van der Waals surface area contributed by atoms with Crippen LogP contribution in [0.1, 0.15) is 28.8 Å². The van der Waals surface area contributed by atoms with Crippen LogP contribution in [0.3, 0.4) is 0 Å². The molecule has 0 saturated carbocycles. The SMILES string of the molecule is COc1ccc(C(N)c2cc(C)nc(C)n2)cc1. The Bertz CT molecular complexity index is 517. The van der Waals surface area contributed by atoms with E-state index < -0.39 is 0 Å². The predicted molar refractivity (Wildman–Crippen MR) is 70.5 cm³/mol. The maximum atomic E-state index is 6.21. The Morgan fingerprint density at radius 1 is 1.11 bits per heavy atom. The van der Waals surface area contributed by atoms with Crippen LogP contribution in [0.2, 0.25) is 0 Å². The Hall–Kier alpha value is -1.94. The zero-order chi connectivity index (χ0) is 13.1. The van der Waals surface area contributed by atoms with Crippen LogP contribution in [-0.2, 0) is 0 Å². The highest BCUT2D eigenvalue weighted by atomic mass is 16.5. The molecule has 0 aliphatic carbocycles. The van der Waals surface area contributed by atoms with Crippen molar-refractivity contribution in [2.75, 3.05) is 7.11 Å². The topological polar surface area (TPSA) is 61.0 Å². The van der Waals surface area contributed by atoms with Crippen LogP contribution in [0, 0.1) is 13.8 Å². The average molecular weight is 243 g/mol. The van der Waals surface area contributed by atoms with Gasteiger partial charge in [-0.15, -0.1) is 0 Å². The van der Waals surface area contributed by atoms with Crippen molar-refractivity contribution in [3.05, 3.63) is 53.1 Å². The van der Waals surface area contributed by atoms with Crippen molar-refractivity contribution in [2.45, 2.75) is 19.9 Å². The average Bonchev–Trinajstić information content (AvgIpc) is 2.37. The van der Waals surface area contributed by atoms with Gasteiger partial charge >= 0.3 is 0 Å². The summed E-state index contributed by atoms with van der Waals surface area (Å²) < 4.78 is 5.13. The molecule has 94 valence electrons. The number of hydrogen-bond acceptors (Lipinski definition) is 4. The fourth-order valence-corrected chi connectivity index (χ4v) is 1.89. The molecule has 1 heterocycles. The molecule has 4 heteroatoms. The Morgan fingerprint density at radius 3 is 2.33 bits per heavy atom. The van der Waals surface area contributed by atoms with E-state index in [0.717, 1.165) is 28.5 Å². The number of methoxy groups -OCH3 is 1. The van der Waals surface area contributed by atoms with Gasteiger partial charge in [-0.25, -0.2) is 9.97 Å². The van der Waals surface area contributed by atoms with Crippen molar-refractivity contribution in [1.29, 1.82) is 0 Å². The Labute approximate surface area is 107 Å². The van der Waals surface area contributed by atoms with E-state index in [1.165, 1.54) is 0 Å². The van der Waals surface area contributed by atoms with Gasteiger partial charge in [-0.3, -0.25) is 0 Å². The lowest BCUT2D eigenvalue weighted by molar-refractivity contribution is 0.414. The lowest BCUT2D eigenvalue weighted by Gasteiger charge is -2.13. The van der Waals surface area contributed by atoms with Crippen molar-refractivity contribution in [3.8, 4) is 5.75 Å². The van der Waals surface area contributed by atoms with Gasteiger partial charge < -0.3 is 10.5 Å². The molecular formula is C14H17N3O. The molecular weight excluding hydrogens is 226 g/mol. The van der Waals surface area contributed by atoms with Gasteiger partial charge in [-0.05, 0) is 37.6 Å². The van der Waals surface area contributed by atoms with Gasteiger partial charge in [0.1, 0.15) is 11.6 Å². The summed E-state index contributed by atoms with van der Waals surface area (Å²) in [6.45, 7) is 3.82. The van der Waals surface area contributed by atoms with Crippen LogP contribution in [0.4, 0.5) is 0 Å². The van der Waals surface area contributed by atoms with E-state index >= 15 is 0 Å². The molecule has 2 aromatic rings. The van der Waals surface area contributed by atoms with Gasteiger partial charge in [0, 0.05) is 5.69 Å². The summed E-state index contributed by atoms with van der Waals surface area (Å²) in [6, 6.07) is 9.39. The molecule has 18 heavy (non-hydrogen) atoms. The molecule has 0 spiro atoms. The first-order valence-electron chi connectivity index (χ1n) is 5.82. The van der Waals surface area contributed by atoms with E-state index in [1.54, 1.807) is 7.11 Å². The van der Waals surface area contributed by atoms with Crippen LogP contribution in [0.5, 0.6) is 5.75 Å². The molecule has 1 unspecified atom stereocenters. The fourth-order valence-electron chi connectivity index (χ4n) is 1.89. The van der Waals surface area contributed by atoms with Crippen LogP contribution in [0.15, 0.2) is 30.3 Å². The maximum absolute atomic E-state index is 6.21. The first-order chi connectivity index (χ1) is 8.60. The summed E-state index contributed by atoms with van der Waals surface area (Å²) in [6.07, 6.45) is 0. The standard InChI is InChI=1S/C14H17N3O/c1-9-8-13(17-10(2)16-9)14(15)11-4-6-12(18-3)7-5-11/h4-8,14H,15H2,1-3H3. The van der Waals surface area contributed by atoms with Crippen LogP contribution < -0.4 is 10.5 Å². The Kier molecular flexibility index (Phi) is 3.58. The van der Waals surface area contributed by atoms with E-state index in [9.17, 15) is 0 Å². The third kappa shape index (κ3) is 2.65. The van der Waals surface area contributed by atoms with Crippen molar-refractivity contribution in [1.82, 2.24) is 9.97 Å². The van der Waals surface area contributed by atoms with Gasteiger partial charge in [0.2, 0.25) is 0 Å². The Balaban J connectivity index is 2.31. The summed E-state index contributed by atoms with van der Waals surface area (Å²) in [5, 5.41) is 0. The van der Waals surface area contributed by atoms with Gasteiger partial charge in [0.25, 0.3) is 0 Å². The summed E-state index contributed by atoms with van der Waals surface area (Å²) in [5.74, 6) is 1.56. The Morgan fingerprint density at radius 2 is 1.78 bits per heavy atom. The number of nitrogens with zero attached hydrogens (tertiary/aromatic N) is 2. The number of benzene rings is 1. The molecule has 2 rings (SSSR count). The number of rotatable bonds is 3. The number of aromatic nitrogens is 2. The summed E-state index contributed by atoms with van der Waals surface area (Å²) in [5.41, 5.74) is 8.99. The minimum Gasteiger partial charge on any atom is -0.497 e. The third-order valence-corrected chi connectivity index (χ3v) is 2.78. The highest BCUT2D eigenvalue weighted by molar-refractivity contribution is 5.33. The number of hydrogen-bond donors (Lipinski definition) is 1. The number of ether oxygens (including phenoxy) is 1. The molecule has 0 bridgehead atoms. The normalized spacial score (nSPS) is 12.2. The monoisotopic (exact) mass is 243 g/mol. The van der Waals surface area contributed by atoms with Crippen molar-refractivity contribution in [2.24, 2.45) is 5.73 Å². The molecule has 2 N–H and O–H groups in total. The first kappa shape index (κ1) is 12.5. The minimum absolute atomic E-state index is 0.240. The highest BCUT2D eigenvalue weighted by Gasteiger charge is 2.11. The van der Waals surface area contributed by atoms with Gasteiger partial charge in [-0.2, -0.15) is 0 Å².